The number of nitrogens with zero attached hydrogens (tertiary/aromatic N) is 1. The van der Waals surface area contributed by atoms with E-state index < -0.39 is 4.48 Å². The maximum absolute atomic E-state index is 13.0. The molecule has 0 saturated heterocycles. The number of rotatable bonds is 18. The largest absolute Gasteiger partial charge is 0.872 e. The Morgan fingerprint density at radius 2 is 0.861 bits per heavy atom. The number of carbonyl (C=O) groups excluding carboxylic acids is 3. The zero-order chi connectivity index (χ0) is 27.1. The molecule has 0 spiro atoms. The molecule has 0 bridgehead atoms. The van der Waals surface area contributed by atoms with Gasteiger partial charge in [-0.1, -0.05) is 128 Å². The normalized spacial score (nSPS) is 11.0. The van der Waals surface area contributed by atoms with Gasteiger partial charge in [0.2, 0.25) is 0 Å². The van der Waals surface area contributed by atoms with E-state index in [1.807, 2.05) is 6.07 Å². The molecule has 36 heavy (non-hydrogen) atoms. The summed E-state index contributed by atoms with van der Waals surface area (Å²) in [6.45, 7) is 6.49. The van der Waals surface area contributed by atoms with E-state index in [9.17, 15) is 19.5 Å². The van der Waals surface area contributed by atoms with Crippen LogP contribution in [0.4, 0.5) is 0 Å². The van der Waals surface area contributed by atoms with E-state index in [0.717, 1.165) is 77.0 Å². The summed E-state index contributed by atoms with van der Waals surface area (Å²) in [4.78, 5) is 38.9. The van der Waals surface area contributed by atoms with Crippen molar-refractivity contribution < 1.29 is 24.0 Å². The third kappa shape index (κ3) is 15.2. The Morgan fingerprint density at radius 3 is 1.11 bits per heavy atom. The van der Waals surface area contributed by atoms with Crippen LogP contribution in [0.2, 0.25) is 0 Å². The molecule has 5 heteroatoms. The number of quaternary nitrogens is 1. The van der Waals surface area contributed by atoms with Gasteiger partial charge in [-0.15, -0.1) is 10.2 Å². The van der Waals surface area contributed by atoms with E-state index in [-0.39, 0.29) is 23.5 Å². The number of carbonyl (C=O) groups is 3. The van der Waals surface area contributed by atoms with Gasteiger partial charge in [0.15, 0.2) is 0 Å². The van der Waals surface area contributed by atoms with Crippen molar-refractivity contribution in [2.75, 3.05) is 7.05 Å². The van der Waals surface area contributed by atoms with Crippen LogP contribution in [0, 0.1) is 0 Å². The molecule has 0 aromatic heterocycles. The molecule has 0 aliphatic heterocycles. The summed E-state index contributed by atoms with van der Waals surface area (Å²) in [6.07, 6.45) is 16.7. The first-order chi connectivity index (χ1) is 17.3. The maximum atomic E-state index is 13.0. The second kappa shape index (κ2) is 22.2. The van der Waals surface area contributed by atoms with Gasteiger partial charge < -0.3 is 5.11 Å². The van der Waals surface area contributed by atoms with Crippen molar-refractivity contribution in [3.05, 3.63) is 30.3 Å². The summed E-state index contributed by atoms with van der Waals surface area (Å²) in [7, 11) is 1.57. The van der Waals surface area contributed by atoms with Gasteiger partial charge >= 0.3 is 17.7 Å². The van der Waals surface area contributed by atoms with E-state index in [4.69, 9.17) is 0 Å². The van der Waals surface area contributed by atoms with Crippen LogP contribution in [0.1, 0.15) is 136 Å². The Hall–Kier alpha value is -2.01. The minimum Gasteiger partial charge on any atom is -0.872 e. The van der Waals surface area contributed by atoms with E-state index in [1.54, 1.807) is 19.2 Å². The van der Waals surface area contributed by atoms with Gasteiger partial charge in [0.25, 0.3) is 0 Å². The second-order valence-corrected chi connectivity index (χ2v) is 9.99. The van der Waals surface area contributed by atoms with Crippen molar-refractivity contribution in [1.29, 1.82) is 0 Å². The van der Waals surface area contributed by atoms with E-state index in [2.05, 4.69) is 20.8 Å². The summed E-state index contributed by atoms with van der Waals surface area (Å²) in [5, 5.41) is 10.3. The van der Waals surface area contributed by atoms with Gasteiger partial charge in [-0.05, 0) is 19.3 Å². The Balaban J connectivity index is 0.00000148. The first-order valence-electron chi connectivity index (χ1n) is 14.5. The smallest absolute Gasteiger partial charge is 0.328 e. The summed E-state index contributed by atoms with van der Waals surface area (Å²) in [5.74, 6) is -0.515. The second-order valence-electron chi connectivity index (χ2n) is 9.99. The SMILES string of the molecule is CCCCCCCC(=O)[N+](C)(C(=O)CCCCCCC)C(=O)CCCCCCC.[O-]c1ccccc1. The quantitative estimate of drug-likeness (QED) is 0.151. The zero-order valence-electron chi connectivity index (χ0n) is 23.7. The Kier molecular flexibility index (Phi) is 21.0. The number of para-hydroxylation sites is 1. The summed E-state index contributed by atoms with van der Waals surface area (Å²) in [6, 6.07) is 8.33. The fourth-order valence-corrected chi connectivity index (χ4v) is 4.15. The molecular weight excluding hydrogens is 450 g/mol. The molecule has 0 heterocycles. The van der Waals surface area contributed by atoms with Crippen LogP contribution in [0.25, 0.3) is 0 Å². The molecule has 5 nitrogen and oxygen atoms in total. The fraction of sp³-hybridized carbons (Fsp3) is 0.710. The molecule has 0 atom stereocenters. The van der Waals surface area contributed by atoms with Crippen LogP contribution in [0.5, 0.6) is 5.75 Å². The van der Waals surface area contributed by atoms with Crippen LogP contribution in [-0.4, -0.2) is 29.3 Å². The van der Waals surface area contributed by atoms with Crippen molar-refractivity contribution in [3.8, 4) is 5.75 Å². The van der Waals surface area contributed by atoms with Crippen molar-refractivity contribution >= 4 is 17.7 Å². The standard InChI is InChI=1S/C25H48NO3.C6H6O/c1-5-8-11-14-17-20-23(27)26(4,24(28)21-18-15-12-9-6-2)25(29)22-19-16-13-10-7-3;7-6-4-2-1-3-5-6/h5-22H2,1-4H3;1-5,7H/q+1;/p-1. The van der Waals surface area contributed by atoms with Crippen molar-refractivity contribution in [1.82, 2.24) is 0 Å². The Bertz CT molecular complexity index is 637. The molecule has 0 radical (unpaired) electrons. The molecule has 1 aromatic rings. The molecule has 206 valence electrons. The van der Waals surface area contributed by atoms with Gasteiger partial charge in [-0.2, -0.15) is 0 Å². The number of hydrogen-bond acceptors (Lipinski definition) is 4. The molecule has 1 aromatic carbocycles. The first kappa shape index (κ1) is 34.0. The minimum absolute atomic E-state index is 0.0718. The zero-order valence-corrected chi connectivity index (χ0v) is 23.7. The van der Waals surface area contributed by atoms with Crippen molar-refractivity contribution in [2.45, 2.75) is 136 Å². The van der Waals surface area contributed by atoms with E-state index in [1.165, 1.54) is 31.4 Å². The van der Waals surface area contributed by atoms with Crippen molar-refractivity contribution in [2.24, 2.45) is 0 Å². The molecule has 0 fully saturated rings. The predicted octanol–water partition coefficient (Wildman–Crippen LogP) is 7.85. The van der Waals surface area contributed by atoms with Crippen LogP contribution >= 0.6 is 0 Å². The number of imide groups is 3. The van der Waals surface area contributed by atoms with Crippen LogP contribution in [0.15, 0.2) is 30.3 Å². The van der Waals surface area contributed by atoms with Crippen LogP contribution in [-0.2, 0) is 14.4 Å². The van der Waals surface area contributed by atoms with E-state index in [0.29, 0.717) is 19.3 Å². The highest BCUT2D eigenvalue weighted by molar-refractivity contribution is 5.97. The van der Waals surface area contributed by atoms with Gasteiger partial charge in [0.1, 0.15) is 0 Å². The highest BCUT2D eigenvalue weighted by Gasteiger charge is 2.45. The average Bonchev–Trinajstić information content (AvgIpc) is 2.88. The highest BCUT2D eigenvalue weighted by Crippen LogP contribution is 2.20. The molecule has 0 aliphatic rings. The first-order valence-corrected chi connectivity index (χ1v) is 14.5. The number of benzene rings is 1. The monoisotopic (exact) mass is 503 g/mol. The molecule has 3 amide bonds. The van der Waals surface area contributed by atoms with Crippen molar-refractivity contribution in [3.63, 3.8) is 0 Å². The summed E-state index contributed by atoms with van der Waals surface area (Å²) in [5.41, 5.74) is 0. The number of unbranched alkanes of at least 4 members (excludes halogenated alkanes) is 12. The number of amides is 3. The maximum Gasteiger partial charge on any atom is 0.328 e. The lowest BCUT2D eigenvalue weighted by molar-refractivity contribution is -0.681. The van der Waals surface area contributed by atoms with Gasteiger partial charge in [0, 0.05) is 0 Å². The summed E-state index contributed by atoms with van der Waals surface area (Å²) >= 11 is 0. The van der Waals surface area contributed by atoms with Gasteiger partial charge in [-0.25, -0.2) is 14.4 Å². The Labute approximate surface area is 221 Å². The summed E-state index contributed by atoms with van der Waals surface area (Å²) < 4.78 is -0.602. The van der Waals surface area contributed by atoms with Gasteiger partial charge in [0.05, 0.1) is 26.3 Å². The number of hydrogen-bond donors (Lipinski definition) is 0. The molecule has 0 N–H and O–H groups in total. The lowest BCUT2D eigenvalue weighted by Gasteiger charge is -2.26. The average molecular weight is 504 g/mol. The molecular formula is C31H53NO4. The van der Waals surface area contributed by atoms with Crippen LogP contribution in [0.3, 0.4) is 0 Å². The topological polar surface area (TPSA) is 74.3 Å². The highest BCUT2D eigenvalue weighted by atomic mass is 16.3. The fourth-order valence-electron chi connectivity index (χ4n) is 4.15. The lowest BCUT2D eigenvalue weighted by atomic mass is 10.1. The predicted molar refractivity (Wildman–Crippen MR) is 147 cm³/mol. The lowest BCUT2D eigenvalue weighted by Crippen LogP contribution is -2.57. The molecule has 0 unspecified atom stereocenters. The molecule has 0 saturated carbocycles. The van der Waals surface area contributed by atoms with E-state index >= 15 is 0 Å². The third-order valence-corrected chi connectivity index (χ3v) is 6.72. The molecule has 1 rings (SSSR count). The minimum atomic E-state index is -0.602. The van der Waals surface area contributed by atoms with Gasteiger partial charge in [-0.3, -0.25) is 0 Å². The third-order valence-electron chi connectivity index (χ3n) is 6.72. The molecule has 0 aliphatic carbocycles. The Morgan fingerprint density at radius 1 is 0.556 bits per heavy atom. The van der Waals surface area contributed by atoms with Crippen LogP contribution < -0.4 is 5.11 Å².